The molecule has 2 rings (SSSR count). The molecule has 0 saturated heterocycles. The number of rotatable bonds is 4. The number of nitrogens with zero attached hydrogens (tertiary/aromatic N) is 2. The highest BCUT2D eigenvalue weighted by atomic mass is 79.9. The van der Waals surface area contributed by atoms with Crippen LogP contribution in [0.25, 0.3) is 0 Å². The Morgan fingerprint density at radius 1 is 1.40 bits per heavy atom. The minimum Gasteiger partial charge on any atom is -0.306 e. The van der Waals surface area contributed by atoms with Crippen LogP contribution in [0.15, 0.2) is 22.7 Å². The molecule has 0 radical (unpaired) electrons. The molecule has 1 aromatic carbocycles. The van der Waals surface area contributed by atoms with Crippen LogP contribution in [-0.2, 0) is 13.6 Å². The lowest BCUT2D eigenvalue weighted by molar-refractivity contribution is 0.526. The van der Waals surface area contributed by atoms with E-state index in [0.29, 0.717) is 12.1 Å². The second-order valence-electron chi connectivity index (χ2n) is 5.04. The lowest BCUT2D eigenvalue weighted by Gasteiger charge is -2.15. The molecular weight excluding hydrogens is 321 g/mol. The summed E-state index contributed by atoms with van der Waals surface area (Å²) in [7, 11) is 1.93. The summed E-state index contributed by atoms with van der Waals surface area (Å²) < 4.78 is 16.5. The summed E-state index contributed by atoms with van der Waals surface area (Å²) in [5, 5.41) is 7.75. The van der Waals surface area contributed by atoms with Gasteiger partial charge in [0.25, 0.3) is 0 Å². The van der Waals surface area contributed by atoms with Gasteiger partial charge in [-0.3, -0.25) is 4.68 Å². The first-order chi connectivity index (χ1) is 9.40. The molecule has 0 aliphatic heterocycles. The summed E-state index contributed by atoms with van der Waals surface area (Å²) in [6.07, 6.45) is 0. The van der Waals surface area contributed by atoms with Crippen LogP contribution in [-0.4, -0.2) is 9.78 Å². The van der Waals surface area contributed by atoms with Gasteiger partial charge in [0, 0.05) is 40.9 Å². The van der Waals surface area contributed by atoms with Gasteiger partial charge in [0.05, 0.1) is 5.69 Å². The van der Waals surface area contributed by atoms with Crippen LogP contribution in [0.1, 0.15) is 35.5 Å². The molecule has 0 spiro atoms. The zero-order valence-electron chi connectivity index (χ0n) is 12.2. The van der Waals surface area contributed by atoms with Crippen LogP contribution in [0.3, 0.4) is 0 Å². The Labute approximate surface area is 127 Å². The zero-order valence-corrected chi connectivity index (χ0v) is 13.8. The van der Waals surface area contributed by atoms with Gasteiger partial charge in [-0.15, -0.1) is 0 Å². The van der Waals surface area contributed by atoms with E-state index in [1.807, 2.05) is 38.6 Å². The summed E-state index contributed by atoms with van der Waals surface area (Å²) in [5.41, 5.74) is 4.00. The fourth-order valence-corrected chi connectivity index (χ4v) is 2.62. The maximum atomic E-state index is 13.9. The van der Waals surface area contributed by atoms with E-state index in [-0.39, 0.29) is 11.9 Å². The quantitative estimate of drug-likeness (QED) is 0.918. The smallest absolute Gasteiger partial charge is 0.129 e. The van der Waals surface area contributed by atoms with E-state index in [1.165, 1.54) is 11.6 Å². The second kappa shape index (κ2) is 6.06. The van der Waals surface area contributed by atoms with Crippen molar-refractivity contribution in [1.82, 2.24) is 15.1 Å². The lowest BCUT2D eigenvalue weighted by atomic mass is 10.1. The Kier molecular flexibility index (Phi) is 4.60. The predicted octanol–water partition coefficient (Wildman–Crippen LogP) is 3.79. The van der Waals surface area contributed by atoms with Crippen molar-refractivity contribution in [2.45, 2.75) is 33.4 Å². The third kappa shape index (κ3) is 3.10. The highest BCUT2D eigenvalue weighted by Gasteiger charge is 2.14. The molecule has 1 N–H and O–H groups in total. The summed E-state index contributed by atoms with van der Waals surface area (Å²) >= 11 is 3.27. The standard InChI is InChI=1S/C15H19BrFN3/c1-9(13-6-5-12(16)7-15(13)17)18-8-14-10(2)19-20(4)11(14)3/h5-7,9,18H,8H2,1-4H3. The molecule has 1 unspecified atom stereocenters. The van der Waals surface area contributed by atoms with Crippen molar-refractivity contribution in [2.24, 2.45) is 7.05 Å². The van der Waals surface area contributed by atoms with Gasteiger partial charge in [0.2, 0.25) is 0 Å². The maximum absolute atomic E-state index is 13.9. The van der Waals surface area contributed by atoms with Crippen molar-refractivity contribution in [3.8, 4) is 0 Å². The average Bonchev–Trinajstić information content (AvgIpc) is 2.61. The molecule has 0 saturated carbocycles. The van der Waals surface area contributed by atoms with Gasteiger partial charge < -0.3 is 5.32 Å². The van der Waals surface area contributed by atoms with Gasteiger partial charge in [0.15, 0.2) is 0 Å². The van der Waals surface area contributed by atoms with Gasteiger partial charge in [0.1, 0.15) is 5.82 Å². The van der Waals surface area contributed by atoms with Gasteiger partial charge >= 0.3 is 0 Å². The zero-order chi connectivity index (χ0) is 14.9. The molecule has 5 heteroatoms. The number of nitrogens with one attached hydrogen (secondary N) is 1. The van der Waals surface area contributed by atoms with E-state index < -0.39 is 0 Å². The van der Waals surface area contributed by atoms with Crippen LogP contribution >= 0.6 is 15.9 Å². The monoisotopic (exact) mass is 339 g/mol. The first kappa shape index (κ1) is 15.2. The Hall–Kier alpha value is -1.20. The van der Waals surface area contributed by atoms with Crippen molar-refractivity contribution in [3.05, 3.63) is 51.0 Å². The number of hydrogen-bond acceptors (Lipinski definition) is 2. The Morgan fingerprint density at radius 2 is 2.10 bits per heavy atom. The third-order valence-corrected chi connectivity index (χ3v) is 4.17. The Bertz CT molecular complexity index is 622. The number of halogens is 2. The van der Waals surface area contributed by atoms with Crippen LogP contribution < -0.4 is 5.32 Å². The minimum atomic E-state index is -0.195. The van der Waals surface area contributed by atoms with Crippen molar-refractivity contribution in [3.63, 3.8) is 0 Å². The maximum Gasteiger partial charge on any atom is 0.129 e. The van der Waals surface area contributed by atoms with E-state index in [1.54, 1.807) is 6.07 Å². The van der Waals surface area contributed by atoms with Gasteiger partial charge in [-0.2, -0.15) is 5.10 Å². The topological polar surface area (TPSA) is 29.9 Å². The molecule has 0 aliphatic rings. The first-order valence-electron chi connectivity index (χ1n) is 6.57. The largest absolute Gasteiger partial charge is 0.306 e. The number of hydrogen-bond donors (Lipinski definition) is 1. The summed E-state index contributed by atoms with van der Waals surface area (Å²) in [4.78, 5) is 0. The molecule has 1 heterocycles. The highest BCUT2D eigenvalue weighted by molar-refractivity contribution is 9.10. The van der Waals surface area contributed by atoms with E-state index >= 15 is 0 Å². The Morgan fingerprint density at radius 3 is 2.65 bits per heavy atom. The normalized spacial score (nSPS) is 12.7. The summed E-state index contributed by atoms with van der Waals surface area (Å²) in [6.45, 7) is 6.69. The fraction of sp³-hybridized carbons (Fsp3) is 0.400. The van der Waals surface area contributed by atoms with Crippen LogP contribution in [0, 0.1) is 19.7 Å². The molecule has 0 amide bonds. The first-order valence-corrected chi connectivity index (χ1v) is 7.37. The van der Waals surface area contributed by atoms with E-state index in [0.717, 1.165) is 15.9 Å². The number of benzene rings is 1. The number of aromatic nitrogens is 2. The molecule has 0 bridgehead atoms. The molecule has 1 atom stereocenters. The molecule has 0 fully saturated rings. The third-order valence-electron chi connectivity index (χ3n) is 3.67. The highest BCUT2D eigenvalue weighted by Crippen LogP contribution is 2.22. The van der Waals surface area contributed by atoms with Gasteiger partial charge in [-0.1, -0.05) is 22.0 Å². The lowest BCUT2D eigenvalue weighted by Crippen LogP contribution is -2.20. The van der Waals surface area contributed by atoms with Crippen molar-refractivity contribution in [1.29, 1.82) is 0 Å². The van der Waals surface area contributed by atoms with E-state index in [2.05, 4.69) is 26.3 Å². The Balaban J connectivity index is 2.10. The van der Waals surface area contributed by atoms with E-state index in [4.69, 9.17) is 0 Å². The minimum absolute atomic E-state index is 0.0536. The van der Waals surface area contributed by atoms with Crippen molar-refractivity contribution < 1.29 is 4.39 Å². The molecular formula is C15H19BrFN3. The van der Waals surface area contributed by atoms with Gasteiger partial charge in [-0.25, -0.2) is 4.39 Å². The molecule has 20 heavy (non-hydrogen) atoms. The molecule has 0 aliphatic carbocycles. The molecule has 1 aromatic heterocycles. The summed E-state index contributed by atoms with van der Waals surface area (Å²) in [5.74, 6) is -0.195. The number of aryl methyl sites for hydroxylation is 2. The molecule has 2 aromatic rings. The van der Waals surface area contributed by atoms with Gasteiger partial charge in [-0.05, 0) is 32.9 Å². The van der Waals surface area contributed by atoms with Crippen molar-refractivity contribution >= 4 is 15.9 Å². The molecule has 108 valence electrons. The SMILES string of the molecule is Cc1nn(C)c(C)c1CNC(C)c1ccc(Br)cc1F. The fourth-order valence-electron chi connectivity index (χ4n) is 2.29. The molecule has 3 nitrogen and oxygen atoms in total. The van der Waals surface area contributed by atoms with Crippen LogP contribution in [0.4, 0.5) is 4.39 Å². The van der Waals surface area contributed by atoms with E-state index in [9.17, 15) is 4.39 Å². The van der Waals surface area contributed by atoms with Crippen LogP contribution in [0.2, 0.25) is 0 Å². The second-order valence-corrected chi connectivity index (χ2v) is 5.96. The van der Waals surface area contributed by atoms with Crippen LogP contribution in [0.5, 0.6) is 0 Å². The predicted molar refractivity (Wildman–Crippen MR) is 82.0 cm³/mol. The summed E-state index contributed by atoms with van der Waals surface area (Å²) in [6, 6.07) is 5.10. The average molecular weight is 340 g/mol. The van der Waals surface area contributed by atoms with Crippen molar-refractivity contribution in [2.75, 3.05) is 0 Å².